The van der Waals surface area contributed by atoms with Gasteiger partial charge in [-0.3, -0.25) is 0 Å². The molecule has 4 N–H and O–H groups in total. The monoisotopic (exact) mass is 262 g/mol. The number of rotatable bonds is 5. The average Bonchev–Trinajstić information content (AvgIpc) is 2.75. The fraction of sp³-hybridized carbons (Fsp3) is 0.455. The van der Waals surface area contributed by atoms with Crippen molar-refractivity contribution in [2.75, 3.05) is 22.9 Å². The topological polar surface area (TPSA) is 107 Å². The lowest BCUT2D eigenvalue weighted by Gasteiger charge is -2.14. The van der Waals surface area contributed by atoms with Crippen LogP contribution in [0.15, 0.2) is 12.4 Å². The van der Waals surface area contributed by atoms with Crippen LogP contribution in [0.5, 0.6) is 0 Å². The molecule has 19 heavy (non-hydrogen) atoms. The van der Waals surface area contributed by atoms with Gasteiger partial charge < -0.3 is 20.9 Å². The lowest BCUT2D eigenvalue weighted by atomic mass is 10.3. The fourth-order valence-electron chi connectivity index (χ4n) is 1.78. The molecule has 8 heteroatoms. The highest BCUT2D eigenvalue weighted by molar-refractivity contribution is 5.51. The number of nitrogen functional groups attached to an aromatic ring is 1. The Kier molecular flexibility index (Phi) is 3.79. The summed E-state index contributed by atoms with van der Waals surface area (Å²) in [5, 5.41) is 14.2. The third-order valence-corrected chi connectivity index (χ3v) is 2.60. The molecule has 0 saturated carbocycles. The van der Waals surface area contributed by atoms with E-state index in [1.165, 1.54) is 0 Å². The maximum absolute atomic E-state index is 5.68. The van der Waals surface area contributed by atoms with Crippen LogP contribution in [0.2, 0.25) is 0 Å². The van der Waals surface area contributed by atoms with Crippen LogP contribution >= 0.6 is 0 Å². The van der Waals surface area contributed by atoms with Crippen molar-refractivity contribution in [3.05, 3.63) is 18.2 Å². The zero-order valence-corrected chi connectivity index (χ0v) is 11.3. The fourth-order valence-corrected chi connectivity index (χ4v) is 1.78. The van der Waals surface area contributed by atoms with Gasteiger partial charge in [-0.25, -0.2) is 0 Å². The van der Waals surface area contributed by atoms with Crippen LogP contribution < -0.4 is 16.4 Å². The van der Waals surface area contributed by atoms with Crippen molar-refractivity contribution in [3.63, 3.8) is 0 Å². The summed E-state index contributed by atoms with van der Waals surface area (Å²) in [6, 6.07) is 1.78. The van der Waals surface area contributed by atoms with Crippen LogP contribution in [-0.4, -0.2) is 31.3 Å². The minimum Gasteiger partial charge on any atom is -0.370 e. The first-order valence-electron chi connectivity index (χ1n) is 6.09. The first-order valence-corrected chi connectivity index (χ1v) is 6.09. The summed E-state index contributed by atoms with van der Waals surface area (Å²) in [4.78, 5) is 8.25. The summed E-state index contributed by atoms with van der Waals surface area (Å²) < 4.78 is 1.85. The molecule has 0 amide bonds. The van der Waals surface area contributed by atoms with E-state index in [2.05, 4.69) is 30.8 Å². The van der Waals surface area contributed by atoms with Gasteiger partial charge in [-0.2, -0.15) is 9.97 Å². The Labute approximate surface area is 111 Å². The molecule has 0 spiro atoms. The minimum atomic E-state index is -0.0312. The van der Waals surface area contributed by atoms with Crippen molar-refractivity contribution >= 4 is 17.6 Å². The maximum atomic E-state index is 5.68. The molecule has 0 aliphatic heterocycles. The molecule has 0 aliphatic rings. The highest BCUT2D eigenvalue weighted by atomic mass is 15.3. The number of aromatic nitrogens is 5. The molecule has 0 fully saturated rings. The first-order chi connectivity index (χ1) is 9.10. The highest BCUT2D eigenvalue weighted by Crippen LogP contribution is 2.18. The van der Waals surface area contributed by atoms with Gasteiger partial charge in [0.2, 0.25) is 5.95 Å². The van der Waals surface area contributed by atoms with Crippen LogP contribution in [-0.2, 0) is 7.05 Å². The van der Waals surface area contributed by atoms with Gasteiger partial charge in [0.15, 0.2) is 5.82 Å². The van der Waals surface area contributed by atoms with Gasteiger partial charge in [0.05, 0.1) is 6.04 Å². The standard InChI is InChI=1S/C11H18N8/c1-4-13-8-5-9(17-11(12)16-8)15-7(2)10-18-14-6-19(10)3/h5-7H,4H2,1-3H3,(H4,12,13,15,16,17). The van der Waals surface area contributed by atoms with E-state index in [1.54, 1.807) is 6.33 Å². The number of hydrogen-bond acceptors (Lipinski definition) is 7. The predicted octanol–water partition coefficient (Wildman–Crippen LogP) is 0.792. The van der Waals surface area contributed by atoms with Gasteiger partial charge in [0.1, 0.15) is 18.0 Å². The van der Waals surface area contributed by atoms with E-state index in [-0.39, 0.29) is 12.0 Å². The Balaban J connectivity index is 2.16. The Bertz CT molecular complexity index is 549. The zero-order chi connectivity index (χ0) is 13.8. The summed E-state index contributed by atoms with van der Waals surface area (Å²) >= 11 is 0. The largest absolute Gasteiger partial charge is 0.370 e. The summed E-state index contributed by atoms with van der Waals surface area (Å²) in [7, 11) is 1.89. The van der Waals surface area contributed by atoms with Crippen molar-refractivity contribution in [1.82, 2.24) is 24.7 Å². The van der Waals surface area contributed by atoms with E-state index < -0.39 is 0 Å². The van der Waals surface area contributed by atoms with Crippen LogP contribution in [0.3, 0.4) is 0 Å². The lowest BCUT2D eigenvalue weighted by molar-refractivity contribution is 0.716. The molecular formula is C11H18N8. The average molecular weight is 262 g/mol. The van der Waals surface area contributed by atoms with Gasteiger partial charge in [-0.1, -0.05) is 0 Å². The van der Waals surface area contributed by atoms with Crippen molar-refractivity contribution in [2.24, 2.45) is 7.05 Å². The third-order valence-electron chi connectivity index (χ3n) is 2.60. The normalized spacial score (nSPS) is 12.2. The van der Waals surface area contributed by atoms with Crippen LogP contribution in [0.4, 0.5) is 17.6 Å². The summed E-state index contributed by atoms with van der Waals surface area (Å²) in [5.74, 6) is 2.40. The Morgan fingerprint density at radius 3 is 2.74 bits per heavy atom. The number of nitrogens with one attached hydrogen (secondary N) is 2. The smallest absolute Gasteiger partial charge is 0.223 e. The molecule has 8 nitrogen and oxygen atoms in total. The van der Waals surface area contributed by atoms with Crippen LogP contribution in [0.1, 0.15) is 25.7 Å². The molecule has 0 aliphatic carbocycles. The molecule has 0 aromatic carbocycles. The molecule has 2 aromatic rings. The third kappa shape index (κ3) is 3.09. The Hall–Kier alpha value is -2.38. The second-order valence-corrected chi connectivity index (χ2v) is 4.19. The number of anilines is 3. The van der Waals surface area contributed by atoms with Gasteiger partial charge in [0.25, 0.3) is 0 Å². The second kappa shape index (κ2) is 5.51. The SMILES string of the molecule is CCNc1cc(NC(C)c2nncn2C)nc(N)n1. The molecule has 2 heterocycles. The number of nitrogens with two attached hydrogens (primary N) is 1. The molecule has 2 rings (SSSR count). The zero-order valence-electron chi connectivity index (χ0n) is 11.3. The molecule has 1 unspecified atom stereocenters. The predicted molar refractivity (Wildman–Crippen MR) is 73.6 cm³/mol. The Morgan fingerprint density at radius 1 is 1.37 bits per heavy atom. The van der Waals surface area contributed by atoms with E-state index in [0.29, 0.717) is 11.6 Å². The van der Waals surface area contributed by atoms with Gasteiger partial charge in [-0.15, -0.1) is 10.2 Å². The Morgan fingerprint density at radius 2 is 2.11 bits per heavy atom. The first kappa shape index (κ1) is 13.1. The van der Waals surface area contributed by atoms with E-state index in [0.717, 1.165) is 12.4 Å². The second-order valence-electron chi connectivity index (χ2n) is 4.19. The molecule has 2 aromatic heterocycles. The molecule has 1 atom stereocenters. The van der Waals surface area contributed by atoms with Gasteiger partial charge >= 0.3 is 0 Å². The number of nitrogens with zero attached hydrogens (tertiary/aromatic N) is 5. The van der Waals surface area contributed by atoms with Gasteiger partial charge in [-0.05, 0) is 13.8 Å². The molecule has 0 radical (unpaired) electrons. The lowest BCUT2D eigenvalue weighted by Crippen LogP contribution is -2.14. The van der Waals surface area contributed by atoms with Crippen molar-refractivity contribution in [1.29, 1.82) is 0 Å². The van der Waals surface area contributed by atoms with Crippen LogP contribution in [0.25, 0.3) is 0 Å². The van der Waals surface area contributed by atoms with E-state index in [1.807, 2.05) is 31.5 Å². The van der Waals surface area contributed by atoms with Crippen LogP contribution in [0, 0.1) is 0 Å². The van der Waals surface area contributed by atoms with Crippen molar-refractivity contribution in [3.8, 4) is 0 Å². The quantitative estimate of drug-likeness (QED) is 0.731. The van der Waals surface area contributed by atoms with E-state index in [9.17, 15) is 0 Å². The van der Waals surface area contributed by atoms with Crippen molar-refractivity contribution in [2.45, 2.75) is 19.9 Å². The highest BCUT2D eigenvalue weighted by Gasteiger charge is 2.12. The van der Waals surface area contributed by atoms with Gasteiger partial charge in [0, 0.05) is 19.7 Å². The molecule has 102 valence electrons. The number of hydrogen-bond donors (Lipinski definition) is 3. The molecular weight excluding hydrogens is 244 g/mol. The van der Waals surface area contributed by atoms with E-state index in [4.69, 9.17) is 5.73 Å². The molecule has 0 bridgehead atoms. The maximum Gasteiger partial charge on any atom is 0.223 e. The minimum absolute atomic E-state index is 0.0312. The summed E-state index contributed by atoms with van der Waals surface area (Å²) in [6.45, 7) is 4.75. The summed E-state index contributed by atoms with van der Waals surface area (Å²) in [5.41, 5.74) is 5.68. The summed E-state index contributed by atoms with van der Waals surface area (Å²) in [6.07, 6.45) is 1.66. The van der Waals surface area contributed by atoms with Crippen molar-refractivity contribution < 1.29 is 0 Å². The molecule has 0 saturated heterocycles. The number of aryl methyl sites for hydroxylation is 1. The van der Waals surface area contributed by atoms with E-state index >= 15 is 0 Å².